The van der Waals surface area contributed by atoms with E-state index in [2.05, 4.69) is 36.4 Å². The maximum absolute atomic E-state index is 13.7. The van der Waals surface area contributed by atoms with Gasteiger partial charge >= 0.3 is 7.60 Å². The molecule has 3 aromatic carbocycles. The molecule has 3 rings (SSSR count). The molecule has 0 aliphatic rings. The summed E-state index contributed by atoms with van der Waals surface area (Å²) in [5.41, 5.74) is 0. The molecular weight excluding hydrogens is 386 g/mol. The van der Waals surface area contributed by atoms with Crippen molar-refractivity contribution in [2.45, 2.75) is 13.8 Å². The Labute approximate surface area is 168 Å². The third kappa shape index (κ3) is 4.45. The van der Waals surface area contributed by atoms with Gasteiger partial charge in [0.05, 0.1) is 13.2 Å². The molecule has 0 saturated carbocycles. The average Bonchev–Trinajstić information content (AvgIpc) is 2.74. The molecule has 28 heavy (non-hydrogen) atoms. The molecular formula is C23H27O3P2+. The molecule has 0 aromatic heterocycles. The molecule has 3 nitrogen and oxygen atoms in total. The largest absolute Gasteiger partial charge is 0.368 e. The normalized spacial score (nSPS) is 12.1. The van der Waals surface area contributed by atoms with E-state index in [1.807, 2.05) is 68.4 Å². The summed E-state index contributed by atoms with van der Waals surface area (Å²) in [5, 5.41) is 3.52. The molecule has 0 amide bonds. The Bertz CT molecular complexity index is 792. The van der Waals surface area contributed by atoms with Gasteiger partial charge in [0.15, 0.2) is 5.90 Å². The predicted octanol–water partition coefficient (Wildman–Crippen LogP) is 5.20. The lowest BCUT2D eigenvalue weighted by molar-refractivity contribution is 0.224. The molecule has 0 atom stereocenters. The van der Waals surface area contributed by atoms with Crippen molar-refractivity contribution < 1.29 is 13.6 Å². The van der Waals surface area contributed by atoms with Gasteiger partial charge in [0.1, 0.15) is 23.2 Å². The predicted molar refractivity (Wildman–Crippen MR) is 121 cm³/mol. The minimum atomic E-state index is -3.29. The first-order valence-electron chi connectivity index (χ1n) is 9.57. The molecule has 0 aliphatic carbocycles. The van der Waals surface area contributed by atoms with Gasteiger partial charge in [0.2, 0.25) is 0 Å². The molecule has 0 fully saturated rings. The van der Waals surface area contributed by atoms with Crippen molar-refractivity contribution in [1.82, 2.24) is 0 Å². The summed E-state index contributed by atoms with van der Waals surface area (Å²) in [6, 6.07) is 31.1. The van der Waals surface area contributed by atoms with Crippen molar-refractivity contribution in [2.75, 3.05) is 19.1 Å². The fraction of sp³-hybridized carbons (Fsp3) is 0.217. The van der Waals surface area contributed by atoms with E-state index in [0.717, 1.165) is 0 Å². The van der Waals surface area contributed by atoms with E-state index in [1.165, 1.54) is 15.9 Å². The quantitative estimate of drug-likeness (QED) is 0.452. The number of rotatable bonds is 9. The highest BCUT2D eigenvalue weighted by Crippen LogP contribution is 2.67. The Kier molecular flexibility index (Phi) is 7.21. The average molecular weight is 413 g/mol. The summed E-state index contributed by atoms with van der Waals surface area (Å²) in [6.45, 7) is 4.43. The molecule has 0 bridgehead atoms. The van der Waals surface area contributed by atoms with Crippen molar-refractivity contribution in [3.05, 3.63) is 91.0 Å². The summed E-state index contributed by atoms with van der Waals surface area (Å²) in [5.74, 6) is 0.347. The SMILES string of the molecule is CCOP(=O)(C[P+](c1ccccc1)(c1ccccc1)c1ccccc1)OCC. The van der Waals surface area contributed by atoms with Gasteiger partial charge in [-0.05, 0) is 50.2 Å². The molecule has 5 heteroatoms. The molecule has 0 radical (unpaired) electrons. The van der Waals surface area contributed by atoms with Crippen LogP contribution < -0.4 is 15.9 Å². The van der Waals surface area contributed by atoms with Gasteiger partial charge in [-0.3, -0.25) is 4.57 Å². The molecule has 0 saturated heterocycles. The summed E-state index contributed by atoms with van der Waals surface area (Å²) >= 11 is 0. The third-order valence-electron chi connectivity index (χ3n) is 4.63. The van der Waals surface area contributed by atoms with Crippen molar-refractivity contribution in [3.63, 3.8) is 0 Å². The van der Waals surface area contributed by atoms with Gasteiger partial charge in [-0.1, -0.05) is 54.6 Å². The first kappa shape index (κ1) is 21.0. The van der Waals surface area contributed by atoms with Crippen LogP contribution in [0.3, 0.4) is 0 Å². The van der Waals surface area contributed by atoms with Gasteiger partial charge < -0.3 is 9.05 Å². The van der Waals surface area contributed by atoms with Crippen molar-refractivity contribution >= 4 is 30.8 Å². The minimum absolute atomic E-state index is 0.347. The van der Waals surface area contributed by atoms with E-state index < -0.39 is 14.9 Å². The highest BCUT2D eigenvalue weighted by Gasteiger charge is 2.52. The van der Waals surface area contributed by atoms with Crippen molar-refractivity contribution in [3.8, 4) is 0 Å². The van der Waals surface area contributed by atoms with E-state index in [1.54, 1.807) is 0 Å². The smallest absolute Gasteiger partial charge is 0.306 e. The van der Waals surface area contributed by atoms with E-state index in [4.69, 9.17) is 9.05 Å². The van der Waals surface area contributed by atoms with Gasteiger partial charge in [-0.2, -0.15) is 0 Å². The first-order chi connectivity index (χ1) is 13.6. The lowest BCUT2D eigenvalue weighted by Crippen LogP contribution is -2.33. The van der Waals surface area contributed by atoms with Crippen LogP contribution in [0.2, 0.25) is 0 Å². The number of benzene rings is 3. The monoisotopic (exact) mass is 413 g/mol. The Morgan fingerprint density at radius 2 is 0.964 bits per heavy atom. The van der Waals surface area contributed by atoms with Crippen LogP contribution in [0, 0.1) is 0 Å². The molecule has 0 spiro atoms. The van der Waals surface area contributed by atoms with Crippen LogP contribution in [0.1, 0.15) is 13.8 Å². The van der Waals surface area contributed by atoms with E-state index in [9.17, 15) is 4.57 Å². The zero-order valence-electron chi connectivity index (χ0n) is 16.4. The van der Waals surface area contributed by atoms with Gasteiger partial charge in [0.25, 0.3) is 0 Å². The molecule has 0 heterocycles. The summed E-state index contributed by atoms with van der Waals surface area (Å²) in [4.78, 5) is 0. The van der Waals surface area contributed by atoms with Crippen LogP contribution in [-0.2, 0) is 13.6 Å². The van der Waals surface area contributed by atoms with Crippen LogP contribution in [0.5, 0.6) is 0 Å². The maximum atomic E-state index is 13.7. The van der Waals surface area contributed by atoms with Crippen LogP contribution in [-0.4, -0.2) is 19.1 Å². The number of hydrogen-bond donors (Lipinski definition) is 0. The Morgan fingerprint density at radius 3 is 1.25 bits per heavy atom. The Morgan fingerprint density at radius 1 is 0.643 bits per heavy atom. The second kappa shape index (κ2) is 9.63. The zero-order valence-corrected chi connectivity index (χ0v) is 18.2. The zero-order chi connectivity index (χ0) is 19.9. The molecule has 0 aliphatic heterocycles. The Hall–Kier alpha value is -1.76. The second-order valence-electron chi connectivity index (χ2n) is 6.40. The van der Waals surface area contributed by atoms with Crippen LogP contribution in [0.15, 0.2) is 91.0 Å². The molecule has 146 valence electrons. The van der Waals surface area contributed by atoms with Crippen molar-refractivity contribution in [2.24, 2.45) is 0 Å². The topological polar surface area (TPSA) is 35.5 Å². The van der Waals surface area contributed by atoms with E-state index in [0.29, 0.717) is 19.1 Å². The van der Waals surface area contributed by atoms with E-state index >= 15 is 0 Å². The summed E-state index contributed by atoms with van der Waals surface area (Å²) in [7, 11) is -5.54. The summed E-state index contributed by atoms with van der Waals surface area (Å²) in [6.07, 6.45) is 0. The third-order valence-corrected chi connectivity index (χ3v) is 12.6. The van der Waals surface area contributed by atoms with Gasteiger partial charge in [-0.25, -0.2) is 0 Å². The lowest BCUT2D eigenvalue weighted by Gasteiger charge is -2.30. The highest BCUT2D eigenvalue weighted by molar-refractivity contribution is 8.00. The molecule has 0 unspecified atom stereocenters. The van der Waals surface area contributed by atoms with Gasteiger partial charge in [-0.15, -0.1) is 0 Å². The Balaban J connectivity index is 2.29. The van der Waals surface area contributed by atoms with Crippen LogP contribution in [0.25, 0.3) is 0 Å². The fourth-order valence-electron chi connectivity index (χ4n) is 3.51. The molecule has 3 aromatic rings. The highest BCUT2D eigenvalue weighted by atomic mass is 31.2. The van der Waals surface area contributed by atoms with Crippen LogP contribution >= 0.6 is 14.9 Å². The molecule has 0 N–H and O–H groups in total. The second-order valence-corrected chi connectivity index (χ2v) is 12.4. The fourth-order valence-corrected chi connectivity index (χ4v) is 12.0. The summed E-state index contributed by atoms with van der Waals surface area (Å²) < 4.78 is 25.2. The van der Waals surface area contributed by atoms with Crippen LogP contribution in [0.4, 0.5) is 0 Å². The number of hydrogen-bond acceptors (Lipinski definition) is 3. The minimum Gasteiger partial charge on any atom is -0.306 e. The van der Waals surface area contributed by atoms with Gasteiger partial charge in [0, 0.05) is 0 Å². The maximum Gasteiger partial charge on any atom is 0.368 e. The lowest BCUT2D eigenvalue weighted by atomic mass is 10.4. The van der Waals surface area contributed by atoms with E-state index in [-0.39, 0.29) is 0 Å². The standard InChI is InChI=1S/C23H27O3P2/c1-3-25-28(24,26-4-2)20-27(21-14-8-5-9-15-21,22-16-10-6-11-17-22)23-18-12-7-13-19-23/h5-19H,3-4,20H2,1-2H3/q+1. The first-order valence-corrected chi connectivity index (χ1v) is 13.3. The van der Waals surface area contributed by atoms with Crippen molar-refractivity contribution in [1.29, 1.82) is 0 Å².